The van der Waals surface area contributed by atoms with E-state index in [1.54, 1.807) is 30.5 Å². The minimum Gasteiger partial charge on any atom is -0.481 e. The zero-order valence-electron chi connectivity index (χ0n) is 65.7. The number of H-pyrrole nitrogens is 1. The van der Waals surface area contributed by atoms with Gasteiger partial charge in [-0.2, -0.15) is 0 Å². The van der Waals surface area contributed by atoms with Gasteiger partial charge < -0.3 is 127 Å². The molecule has 14 unspecified atom stereocenters. The molecule has 45 nitrogen and oxygen atoms in total. The summed E-state index contributed by atoms with van der Waals surface area (Å²) in [5, 5.41) is 78.4. The van der Waals surface area contributed by atoms with Crippen LogP contribution in [-0.2, 0) is 107 Å². The number of carboxylic acid groups (broad SMARTS) is 4. The maximum atomic E-state index is 14.9. The van der Waals surface area contributed by atoms with Crippen LogP contribution in [0.5, 0.6) is 0 Å². The highest BCUT2D eigenvalue weighted by molar-refractivity contribution is 6.05. The van der Waals surface area contributed by atoms with Gasteiger partial charge in [-0.25, -0.2) is 4.79 Å². The molecule has 1 aromatic heterocycles. The number of aliphatic hydroxyl groups excluding tert-OH is 1. The number of Topliss-reactive ketones (excluding diaryl/α,β-unsaturated/α-hetero) is 1. The molecule has 652 valence electrons. The monoisotopic (exact) mass is 1680 g/mol. The first-order valence-corrected chi connectivity index (χ1v) is 37.9. The van der Waals surface area contributed by atoms with E-state index in [0.717, 1.165) is 39.5 Å². The molecule has 2 aromatic carbocycles. The maximum absolute atomic E-state index is 14.9. The van der Waals surface area contributed by atoms with Gasteiger partial charge in [0.1, 0.15) is 72.6 Å². The number of ketones is 1. The minimum absolute atomic E-state index is 0.0327. The molecular formula is C74H104N18O27. The second kappa shape index (κ2) is 49.0. The second-order valence-electron chi connectivity index (χ2n) is 28.3. The Morgan fingerprint density at radius 3 is 1.64 bits per heavy atom. The molecule has 14 atom stereocenters. The van der Waals surface area contributed by atoms with Crippen molar-refractivity contribution in [2.75, 3.05) is 32.0 Å². The third-order valence-corrected chi connectivity index (χ3v) is 18.7. The number of nitrogen functional groups attached to an aromatic ring is 1. The number of unbranched alkanes of at least 4 members (excludes halogenated alkanes) is 3. The Kier molecular flexibility index (Phi) is 40.4. The number of hydrogen-bond acceptors (Lipinski definition) is 25. The lowest BCUT2D eigenvalue weighted by molar-refractivity contribution is -0.156. The number of aliphatic carboxylic acids is 4. The fourth-order valence-electron chi connectivity index (χ4n) is 12.1. The summed E-state index contributed by atoms with van der Waals surface area (Å²) in [6.07, 6.45) is -5.14. The Bertz CT molecular complexity index is 4210. The first-order valence-electron chi connectivity index (χ1n) is 37.9. The molecule has 1 aliphatic rings. The number of carbonyl (C=O) groups excluding carboxylic acids is 17. The molecule has 0 aliphatic carbocycles. The van der Waals surface area contributed by atoms with Gasteiger partial charge >= 0.3 is 29.8 Å². The Morgan fingerprint density at radius 2 is 1.07 bits per heavy atom. The Balaban J connectivity index is 1.90. The van der Waals surface area contributed by atoms with E-state index in [9.17, 15) is 126 Å². The second-order valence-corrected chi connectivity index (χ2v) is 28.3. The molecule has 0 radical (unpaired) electrons. The molecule has 3 aromatic rings. The lowest BCUT2D eigenvalue weighted by Gasteiger charge is -2.30. The van der Waals surface area contributed by atoms with Crippen molar-refractivity contribution in [1.29, 1.82) is 0 Å². The number of nitrogens with two attached hydrogens (primary N) is 4. The zero-order chi connectivity index (χ0) is 88.9. The first-order chi connectivity index (χ1) is 56.1. The van der Waals surface area contributed by atoms with Gasteiger partial charge in [-0.15, -0.1) is 0 Å². The number of aromatic amines is 1. The van der Waals surface area contributed by atoms with Crippen molar-refractivity contribution in [3.05, 3.63) is 65.9 Å². The van der Waals surface area contributed by atoms with E-state index in [1.807, 2.05) is 21.3 Å². The number of hydrogen-bond donors (Lipinski definition) is 23. The van der Waals surface area contributed by atoms with E-state index in [0.29, 0.717) is 35.2 Å². The third kappa shape index (κ3) is 33.9. The predicted molar refractivity (Wildman–Crippen MR) is 413 cm³/mol. The van der Waals surface area contributed by atoms with Crippen molar-refractivity contribution in [1.82, 2.24) is 74.1 Å². The molecule has 4 rings (SSSR count). The van der Waals surface area contributed by atoms with Gasteiger partial charge in [0, 0.05) is 47.6 Å². The van der Waals surface area contributed by atoms with Crippen LogP contribution >= 0.6 is 0 Å². The normalized spacial score (nSPS) is 21.1. The molecule has 119 heavy (non-hydrogen) atoms. The molecule has 0 spiro atoms. The Morgan fingerprint density at radius 1 is 0.538 bits per heavy atom. The molecule has 45 heteroatoms. The smallest absolute Gasteiger partial charge is 0.329 e. The van der Waals surface area contributed by atoms with Crippen molar-refractivity contribution < 1.29 is 131 Å². The number of cyclic esters (lactones) is 1. The van der Waals surface area contributed by atoms with Gasteiger partial charge in [-0.1, -0.05) is 83.2 Å². The summed E-state index contributed by atoms with van der Waals surface area (Å²) in [7, 11) is 0. The van der Waals surface area contributed by atoms with Gasteiger partial charge in [0.05, 0.1) is 58.2 Å². The fourth-order valence-corrected chi connectivity index (χ4v) is 12.1. The number of anilines is 1. The lowest BCUT2D eigenvalue weighted by atomic mass is 9.96. The van der Waals surface area contributed by atoms with Crippen molar-refractivity contribution >= 4 is 141 Å². The summed E-state index contributed by atoms with van der Waals surface area (Å²) in [5.41, 5.74) is 23.4. The Labute approximate surface area is 679 Å². The number of aromatic nitrogens is 1. The number of carbonyl (C=O) groups is 21. The van der Waals surface area contributed by atoms with Crippen molar-refractivity contribution in [3.63, 3.8) is 0 Å². The van der Waals surface area contributed by atoms with E-state index < -0.39 is 274 Å². The number of ether oxygens (including phenoxy) is 1. The van der Waals surface area contributed by atoms with E-state index in [4.69, 9.17) is 27.7 Å². The number of rotatable bonds is 37. The highest BCUT2D eigenvalue weighted by atomic mass is 16.5. The topological polar surface area (TPSA) is 745 Å². The van der Waals surface area contributed by atoms with Crippen LogP contribution < -0.4 is 92.1 Å². The summed E-state index contributed by atoms with van der Waals surface area (Å²) in [6, 6.07) is -11.6. The molecule has 27 N–H and O–H groups in total. The summed E-state index contributed by atoms with van der Waals surface area (Å²) >= 11 is 0. The molecule has 0 saturated carbocycles. The number of nitrogens with one attached hydrogen (secondary N) is 14. The zero-order valence-corrected chi connectivity index (χ0v) is 65.7. The molecule has 2 heterocycles. The van der Waals surface area contributed by atoms with E-state index in [2.05, 4.69) is 66.7 Å². The van der Waals surface area contributed by atoms with Crippen LogP contribution in [0.3, 0.4) is 0 Å². The van der Waals surface area contributed by atoms with Crippen molar-refractivity contribution in [3.8, 4) is 0 Å². The van der Waals surface area contributed by atoms with Crippen molar-refractivity contribution in [2.45, 2.75) is 209 Å². The Hall–Kier alpha value is -13.2. The third-order valence-electron chi connectivity index (χ3n) is 18.7. The van der Waals surface area contributed by atoms with Crippen LogP contribution in [-0.4, -0.2) is 254 Å². The van der Waals surface area contributed by atoms with Crippen LogP contribution in [0.15, 0.2) is 54.7 Å². The number of esters is 1. The molecule has 15 amide bonds. The average molecular weight is 1680 g/mol. The summed E-state index contributed by atoms with van der Waals surface area (Å²) < 4.78 is 5.68. The largest absolute Gasteiger partial charge is 0.481 e. The lowest BCUT2D eigenvalue weighted by Crippen LogP contribution is -2.62. The first kappa shape index (κ1) is 98.1. The number of amides is 15. The number of benzene rings is 2. The molecule has 1 aliphatic heterocycles. The summed E-state index contributed by atoms with van der Waals surface area (Å²) in [6.45, 7) is 2.04. The van der Waals surface area contributed by atoms with Gasteiger partial charge in [-0.3, -0.25) is 95.9 Å². The van der Waals surface area contributed by atoms with E-state index in [1.165, 1.54) is 24.3 Å². The fraction of sp³-hybridized carbons (Fsp3) is 0.527. The number of carboxylic acids is 4. The highest BCUT2D eigenvalue weighted by Gasteiger charge is 2.41. The van der Waals surface area contributed by atoms with Gasteiger partial charge in [0.2, 0.25) is 88.6 Å². The minimum atomic E-state index is -2.48. The summed E-state index contributed by atoms with van der Waals surface area (Å²) in [4.78, 5) is 290. The molecule has 0 bridgehead atoms. The SMILES string of the molecule is CCC(C)CCCCCCC(=O)NC(Cc1c[nH]c2ccccc12)C(=O)NC(CC(N)=O)C(=O)NC(CC(=O)O)C(=O)NC1C(=O)NCC(=O)NC(CCCN)C(=O)NC(CC(=O)O)C(=O)NC(CC(N)=O)C(=O)NC(CC(=O)O)C(=O)NCC(=O)NC(CO)C(=O)NC(C(C)CC(=O)O)C(=O)NC(CC(=O)c2ccccc2N)C(=O)OC1C. The summed E-state index contributed by atoms with van der Waals surface area (Å²) in [5.74, 6) is -31.8. The number of aliphatic hydroxyl groups is 1. The van der Waals surface area contributed by atoms with Crippen LogP contribution in [0.2, 0.25) is 0 Å². The van der Waals surface area contributed by atoms with Crippen LogP contribution in [0.1, 0.15) is 146 Å². The molecule has 1 saturated heterocycles. The number of para-hydroxylation sites is 2. The number of primary amides is 2. The molecule has 1 fully saturated rings. The van der Waals surface area contributed by atoms with Crippen molar-refractivity contribution in [2.24, 2.45) is 29.0 Å². The van der Waals surface area contributed by atoms with Gasteiger partial charge in [0.25, 0.3) is 0 Å². The standard InChI is InChI=1S/C74H104N18O27/c1-5-35(2)15-8-6-7-9-21-55(97)83-44(24-38-31-79-42-19-13-11-16-39(38)42)66(110)85-46(27-54(78)96)68(112)89-49(30-61(106)107)70(114)92-63-37(4)119-74(118)50(25-52(94)40-17-10-12-18-41(40)76)90-73(117)62(36(3)23-58(100)101)91-71(115)51(34-93)84-57(99)32-80-64(108)47(28-59(102)103)87-67(111)45(26-53(77)95)86-69(113)48(29-60(104)105)88-65(109)43(20-14-22-75)82-56(98)33-81-72(63)116/h10-13,16-19,31,35-37,43-51,62-63,79,93H,5-9,14-15,20-30,32-34,75-76H2,1-4H3,(H2,77,95)(H2,78,96)(H,80,108)(H,81,116)(H,82,98)(H,83,97)(H,84,99)(H,85,110)(H,86,113)(H,87,111)(H,88,109)(H,89,112)(H,90,117)(H,91,115)(H,92,114)(H,100,101)(H,102,103)(H,104,105)(H,106,107). The van der Waals surface area contributed by atoms with Gasteiger partial charge in [0.15, 0.2) is 5.78 Å². The van der Waals surface area contributed by atoms with Crippen LogP contribution in [0.4, 0.5) is 5.69 Å². The van der Waals surface area contributed by atoms with E-state index >= 15 is 0 Å². The predicted octanol–water partition coefficient (Wildman–Crippen LogP) is -6.52. The van der Waals surface area contributed by atoms with Crippen LogP contribution in [0.25, 0.3) is 10.9 Å². The van der Waals surface area contributed by atoms with E-state index in [-0.39, 0.29) is 37.1 Å². The van der Waals surface area contributed by atoms with Gasteiger partial charge in [-0.05, 0) is 68.3 Å². The quantitative estimate of drug-likeness (QED) is 0.0110. The highest BCUT2D eigenvalue weighted by Crippen LogP contribution is 2.22. The van der Waals surface area contributed by atoms with Crippen LogP contribution in [0, 0.1) is 11.8 Å². The maximum Gasteiger partial charge on any atom is 0.329 e. The molecular weight excluding hydrogens is 1570 g/mol. The number of fused-ring (bicyclic) bond motifs is 1. The average Bonchev–Trinajstić information content (AvgIpc) is 1.68.